The molecule has 0 saturated heterocycles. The second kappa shape index (κ2) is 7.83. The number of carbonyl (C=O) groups excluding carboxylic acids is 1. The number of nitrogens with zero attached hydrogens (tertiary/aromatic N) is 4. The third kappa shape index (κ3) is 3.55. The Balaban J connectivity index is 1.39. The monoisotopic (exact) mass is 412 g/mol. The van der Waals surface area contributed by atoms with E-state index in [0.29, 0.717) is 33.2 Å². The van der Waals surface area contributed by atoms with Gasteiger partial charge in [-0.25, -0.2) is 0 Å². The molecule has 31 heavy (non-hydrogen) atoms. The van der Waals surface area contributed by atoms with Crippen LogP contribution in [0.4, 0.5) is 0 Å². The van der Waals surface area contributed by atoms with Crippen molar-refractivity contribution in [2.75, 3.05) is 0 Å². The molecule has 0 aliphatic carbocycles. The Hall–Kier alpha value is -4.33. The average Bonchev–Trinajstić information content (AvgIpc) is 3.30. The number of benzene rings is 2. The van der Waals surface area contributed by atoms with Gasteiger partial charge in [-0.05, 0) is 36.4 Å². The molecule has 0 aliphatic rings. The number of hydrogen-bond acceptors (Lipinski definition) is 7. The first-order valence-corrected chi connectivity index (χ1v) is 9.59. The molecule has 8 heteroatoms. The van der Waals surface area contributed by atoms with Crippen molar-refractivity contribution in [3.05, 3.63) is 89.2 Å². The van der Waals surface area contributed by atoms with E-state index >= 15 is 0 Å². The summed E-state index contributed by atoms with van der Waals surface area (Å²) in [6.07, 6.45) is 3.27. The molecule has 0 spiro atoms. The normalized spacial score (nSPS) is 11.1. The lowest BCUT2D eigenvalue weighted by Crippen LogP contribution is -2.18. The molecule has 5 aromatic rings. The molecule has 0 N–H and O–H groups in total. The van der Waals surface area contributed by atoms with Crippen LogP contribution >= 0.6 is 0 Å². The molecule has 8 nitrogen and oxygen atoms in total. The van der Waals surface area contributed by atoms with Gasteiger partial charge in [-0.2, -0.15) is 4.98 Å². The Morgan fingerprint density at radius 1 is 0.968 bits per heavy atom. The van der Waals surface area contributed by atoms with Crippen LogP contribution in [0.1, 0.15) is 5.89 Å². The number of fused-ring (bicyclic) bond motifs is 2. The van der Waals surface area contributed by atoms with Crippen molar-refractivity contribution >= 4 is 27.8 Å². The SMILES string of the molecule is O=C(Cn1c2ccccc2c(=O)c2ccccc21)OCc1nc(-c2cccnc2)no1. The molecule has 0 radical (unpaired) electrons. The van der Waals surface area contributed by atoms with Crippen LogP contribution in [0.15, 0.2) is 82.4 Å². The molecule has 0 bridgehead atoms. The lowest BCUT2D eigenvalue weighted by molar-refractivity contribution is -0.146. The van der Waals surface area contributed by atoms with Gasteiger partial charge in [0.15, 0.2) is 12.0 Å². The molecular weight excluding hydrogens is 396 g/mol. The van der Waals surface area contributed by atoms with Gasteiger partial charge < -0.3 is 13.8 Å². The van der Waals surface area contributed by atoms with Crippen LogP contribution in [-0.4, -0.2) is 25.7 Å². The number of esters is 1. The van der Waals surface area contributed by atoms with Crippen LogP contribution < -0.4 is 5.43 Å². The van der Waals surface area contributed by atoms with E-state index in [4.69, 9.17) is 9.26 Å². The van der Waals surface area contributed by atoms with Gasteiger partial charge in [0.05, 0.1) is 11.0 Å². The minimum Gasteiger partial charge on any atom is -0.454 e. The fourth-order valence-corrected chi connectivity index (χ4v) is 3.49. The zero-order valence-corrected chi connectivity index (χ0v) is 16.3. The maximum Gasteiger partial charge on any atom is 0.326 e. The van der Waals surface area contributed by atoms with Crippen LogP contribution in [0.3, 0.4) is 0 Å². The number of hydrogen-bond donors (Lipinski definition) is 0. The molecule has 0 aliphatic heterocycles. The second-order valence-corrected chi connectivity index (χ2v) is 6.86. The van der Waals surface area contributed by atoms with Crippen LogP contribution in [0, 0.1) is 0 Å². The Morgan fingerprint density at radius 3 is 2.35 bits per heavy atom. The maximum absolute atomic E-state index is 12.8. The van der Waals surface area contributed by atoms with Crippen molar-refractivity contribution in [1.82, 2.24) is 19.7 Å². The first-order chi connectivity index (χ1) is 15.2. The quantitative estimate of drug-likeness (QED) is 0.322. The van der Waals surface area contributed by atoms with Gasteiger partial charge in [-0.1, -0.05) is 29.4 Å². The van der Waals surface area contributed by atoms with Gasteiger partial charge >= 0.3 is 5.97 Å². The maximum atomic E-state index is 12.8. The van der Waals surface area contributed by atoms with E-state index < -0.39 is 5.97 Å². The van der Waals surface area contributed by atoms with Crippen molar-refractivity contribution in [2.24, 2.45) is 0 Å². The number of rotatable bonds is 5. The molecule has 5 rings (SSSR count). The van der Waals surface area contributed by atoms with Gasteiger partial charge in [0, 0.05) is 28.7 Å². The van der Waals surface area contributed by atoms with Crippen LogP contribution in [0.25, 0.3) is 33.2 Å². The third-order valence-electron chi connectivity index (χ3n) is 4.91. The van der Waals surface area contributed by atoms with E-state index in [0.717, 1.165) is 0 Å². The number of pyridine rings is 2. The standard InChI is InChI=1S/C23H16N4O4/c28-21(30-14-20-25-23(26-31-20)15-6-5-11-24-12-15)13-27-18-9-3-1-7-16(18)22(29)17-8-2-4-10-19(17)27/h1-12H,13-14H2. The van der Waals surface area contributed by atoms with Crippen LogP contribution in [0.2, 0.25) is 0 Å². The predicted molar refractivity (Wildman–Crippen MR) is 113 cm³/mol. The summed E-state index contributed by atoms with van der Waals surface area (Å²) in [5.74, 6) is 0.0680. The summed E-state index contributed by atoms with van der Waals surface area (Å²) in [5, 5.41) is 4.98. The molecule has 2 aromatic carbocycles. The van der Waals surface area contributed by atoms with Gasteiger partial charge in [-0.15, -0.1) is 0 Å². The predicted octanol–water partition coefficient (Wildman–Crippen LogP) is 3.34. The molecule has 152 valence electrons. The van der Waals surface area contributed by atoms with Crippen molar-refractivity contribution in [1.29, 1.82) is 0 Å². The summed E-state index contributed by atoms with van der Waals surface area (Å²) in [6, 6.07) is 18.0. The van der Waals surface area contributed by atoms with Crippen molar-refractivity contribution < 1.29 is 14.1 Å². The summed E-state index contributed by atoms with van der Waals surface area (Å²) in [6.45, 7) is -0.215. The van der Waals surface area contributed by atoms with E-state index in [1.165, 1.54) is 0 Å². The number of para-hydroxylation sites is 2. The molecule has 0 fully saturated rings. The van der Waals surface area contributed by atoms with Crippen molar-refractivity contribution in [3.8, 4) is 11.4 Å². The van der Waals surface area contributed by atoms with Crippen LogP contribution in [-0.2, 0) is 22.7 Å². The highest BCUT2D eigenvalue weighted by Gasteiger charge is 2.15. The first-order valence-electron chi connectivity index (χ1n) is 9.59. The number of ether oxygens (including phenoxy) is 1. The number of carbonyl (C=O) groups is 1. The second-order valence-electron chi connectivity index (χ2n) is 6.86. The lowest BCUT2D eigenvalue weighted by Gasteiger charge is -2.14. The summed E-state index contributed by atoms with van der Waals surface area (Å²) in [5.41, 5.74) is 1.97. The Bertz CT molecular complexity index is 1400. The van der Waals surface area contributed by atoms with Crippen LogP contribution in [0.5, 0.6) is 0 Å². The molecule has 0 amide bonds. The number of aromatic nitrogens is 4. The Morgan fingerprint density at radius 2 is 1.68 bits per heavy atom. The Kier molecular flexibility index (Phi) is 4.72. The Labute approximate surface area is 175 Å². The highest BCUT2D eigenvalue weighted by atomic mass is 16.6. The molecule has 3 aromatic heterocycles. The van der Waals surface area contributed by atoms with E-state index in [1.807, 2.05) is 24.3 Å². The summed E-state index contributed by atoms with van der Waals surface area (Å²) in [4.78, 5) is 33.7. The lowest BCUT2D eigenvalue weighted by atomic mass is 10.1. The molecule has 3 heterocycles. The zero-order valence-electron chi connectivity index (χ0n) is 16.3. The van der Waals surface area contributed by atoms with E-state index in [2.05, 4.69) is 15.1 Å². The van der Waals surface area contributed by atoms with E-state index in [-0.39, 0.29) is 24.5 Å². The van der Waals surface area contributed by atoms with Crippen molar-refractivity contribution in [3.63, 3.8) is 0 Å². The summed E-state index contributed by atoms with van der Waals surface area (Å²) >= 11 is 0. The molecule has 0 unspecified atom stereocenters. The average molecular weight is 412 g/mol. The zero-order chi connectivity index (χ0) is 21.2. The van der Waals surface area contributed by atoms with Gasteiger partial charge in [0.1, 0.15) is 6.54 Å². The highest BCUT2D eigenvalue weighted by molar-refractivity contribution is 5.94. The van der Waals surface area contributed by atoms with Crippen molar-refractivity contribution in [2.45, 2.75) is 13.2 Å². The summed E-state index contributed by atoms with van der Waals surface area (Å²) < 4.78 is 12.3. The highest BCUT2D eigenvalue weighted by Crippen LogP contribution is 2.19. The fourth-order valence-electron chi connectivity index (χ4n) is 3.49. The van der Waals surface area contributed by atoms with E-state index in [1.54, 1.807) is 53.4 Å². The van der Waals surface area contributed by atoms with Gasteiger partial charge in [0.25, 0.3) is 5.89 Å². The van der Waals surface area contributed by atoms with Gasteiger partial charge in [-0.3, -0.25) is 14.6 Å². The van der Waals surface area contributed by atoms with E-state index in [9.17, 15) is 9.59 Å². The minimum absolute atomic E-state index is 0.0646. The van der Waals surface area contributed by atoms with Gasteiger partial charge in [0.2, 0.25) is 5.82 Å². The smallest absolute Gasteiger partial charge is 0.326 e. The molecule has 0 atom stereocenters. The minimum atomic E-state index is -0.486. The first kappa shape index (κ1) is 18.7. The largest absolute Gasteiger partial charge is 0.454 e. The summed E-state index contributed by atoms with van der Waals surface area (Å²) in [7, 11) is 0. The fraction of sp³-hybridized carbons (Fsp3) is 0.0870. The molecular formula is C23H16N4O4. The molecule has 0 saturated carbocycles. The topological polar surface area (TPSA) is 100 Å². The third-order valence-corrected chi connectivity index (χ3v) is 4.91.